The summed E-state index contributed by atoms with van der Waals surface area (Å²) in [6.07, 6.45) is 1.95. The van der Waals surface area contributed by atoms with E-state index in [0.717, 1.165) is 12.5 Å². The second kappa shape index (κ2) is 10.6. The average Bonchev–Trinajstić information content (AvgIpc) is 2.90. The first-order valence-corrected chi connectivity index (χ1v) is 8.84. The topological polar surface area (TPSA) is 101 Å². The molecular weight excluding hydrogens is 358 g/mol. The molecule has 27 heavy (non-hydrogen) atoms. The molecule has 1 saturated heterocycles. The predicted molar refractivity (Wildman–Crippen MR) is 95.4 cm³/mol. The molecule has 0 spiro atoms. The number of carboxylic acid groups (broad SMARTS) is 1. The highest BCUT2D eigenvalue weighted by atomic mass is 19.2. The Morgan fingerprint density at radius 1 is 1.33 bits per heavy atom. The Balaban J connectivity index is 0.000000387. The number of nitrogens with two attached hydrogens (primary N) is 1. The van der Waals surface area contributed by atoms with Crippen molar-refractivity contribution in [2.45, 2.75) is 58.5 Å². The van der Waals surface area contributed by atoms with Gasteiger partial charge in [0.2, 0.25) is 11.8 Å². The summed E-state index contributed by atoms with van der Waals surface area (Å²) in [5, 5.41) is 8.16. The molecule has 1 unspecified atom stereocenters. The zero-order chi connectivity index (χ0) is 20.6. The van der Waals surface area contributed by atoms with Gasteiger partial charge in [-0.05, 0) is 24.8 Å². The Hall–Kier alpha value is -2.51. The quantitative estimate of drug-likeness (QED) is 0.755. The Bertz CT molecular complexity index is 680. The standard InChI is InChI=1S/C13H14F2N2O2.C6H12O2/c14-10-3-1-2-8(13(10)15)7-17-9(6-11(16)18)4-5-12(17)19;1-5(2)3-4-6(7)8/h1-3,9H,4-7H2,(H2,16,18);5H,3-4H2,1-2H3,(H,7,8). The molecule has 0 aliphatic carbocycles. The highest BCUT2D eigenvalue weighted by Gasteiger charge is 2.32. The fourth-order valence-corrected chi connectivity index (χ4v) is 2.72. The van der Waals surface area contributed by atoms with Crippen molar-refractivity contribution >= 4 is 17.8 Å². The maximum atomic E-state index is 13.6. The van der Waals surface area contributed by atoms with Gasteiger partial charge in [-0.3, -0.25) is 14.4 Å². The molecule has 1 aliphatic heterocycles. The number of aliphatic carboxylic acids is 1. The van der Waals surface area contributed by atoms with Crippen LogP contribution >= 0.6 is 0 Å². The summed E-state index contributed by atoms with van der Waals surface area (Å²) >= 11 is 0. The van der Waals surface area contributed by atoms with Crippen molar-refractivity contribution in [1.29, 1.82) is 0 Å². The van der Waals surface area contributed by atoms with Crippen molar-refractivity contribution in [2.24, 2.45) is 11.7 Å². The summed E-state index contributed by atoms with van der Waals surface area (Å²) in [5.74, 6) is -2.78. The van der Waals surface area contributed by atoms with Crippen LogP contribution in [0.1, 0.15) is 51.5 Å². The first-order chi connectivity index (χ1) is 12.6. The highest BCUT2D eigenvalue weighted by molar-refractivity contribution is 5.81. The maximum Gasteiger partial charge on any atom is 0.303 e. The van der Waals surface area contributed by atoms with Crippen LogP contribution in [0.25, 0.3) is 0 Å². The van der Waals surface area contributed by atoms with Crippen molar-refractivity contribution in [2.75, 3.05) is 0 Å². The van der Waals surface area contributed by atoms with Crippen molar-refractivity contribution in [3.63, 3.8) is 0 Å². The minimum atomic E-state index is -0.958. The van der Waals surface area contributed by atoms with Crippen molar-refractivity contribution in [3.05, 3.63) is 35.4 Å². The molecule has 150 valence electrons. The predicted octanol–water partition coefficient (Wildman–Crippen LogP) is 2.84. The second-order valence-corrected chi connectivity index (χ2v) is 6.92. The number of likely N-dealkylation sites (tertiary alicyclic amines) is 1. The van der Waals surface area contributed by atoms with E-state index in [1.54, 1.807) is 0 Å². The smallest absolute Gasteiger partial charge is 0.303 e. The van der Waals surface area contributed by atoms with Gasteiger partial charge in [-0.2, -0.15) is 0 Å². The van der Waals surface area contributed by atoms with Gasteiger partial charge in [0.05, 0.1) is 0 Å². The lowest BCUT2D eigenvalue weighted by Crippen LogP contribution is -2.35. The van der Waals surface area contributed by atoms with E-state index in [2.05, 4.69) is 0 Å². The van der Waals surface area contributed by atoms with Crippen LogP contribution in [-0.2, 0) is 20.9 Å². The molecule has 0 saturated carbocycles. The number of benzene rings is 1. The van der Waals surface area contributed by atoms with Gasteiger partial charge in [0, 0.05) is 37.4 Å². The minimum Gasteiger partial charge on any atom is -0.481 e. The maximum absolute atomic E-state index is 13.6. The van der Waals surface area contributed by atoms with Crippen molar-refractivity contribution in [1.82, 2.24) is 4.90 Å². The molecule has 6 nitrogen and oxygen atoms in total. The lowest BCUT2D eigenvalue weighted by Gasteiger charge is -2.24. The van der Waals surface area contributed by atoms with E-state index < -0.39 is 23.5 Å². The number of hydrogen-bond donors (Lipinski definition) is 2. The van der Waals surface area contributed by atoms with E-state index in [0.29, 0.717) is 25.2 Å². The molecular formula is C19H26F2N2O4. The Morgan fingerprint density at radius 2 is 2.00 bits per heavy atom. The molecule has 1 aromatic carbocycles. The number of nitrogens with zero attached hydrogens (tertiary/aromatic N) is 1. The molecule has 2 amide bonds. The number of carbonyl (C=O) groups is 3. The van der Waals surface area contributed by atoms with E-state index in [-0.39, 0.29) is 30.5 Å². The van der Waals surface area contributed by atoms with Crippen LogP contribution in [0.2, 0.25) is 0 Å². The summed E-state index contributed by atoms with van der Waals surface area (Å²) in [6.45, 7) is 3.99. The first kappa shape index (κ1) is 22.5. The third kappa shape index (κ3) is 7.72. The van der Waals surface area contributed by atoms with Gasteiger partial charge in [0.25, 0.3) is 0 Å². The number of carboxylic acids is 1. The first-order valence-electron chi connectivity index (χ1n) is 8.84. The number of rotatable bonds is 7. The lowest BCUT2D eigenvalue weighted by molar-refractivity contribution is -0.137. The molecule has 8 heteroatoms. The van der Waals surface area contributed by atoms with Gasteiger partial charge >= 0.3 is 5.97 Å². The molecule has 1 aliphatic rings. The number of amides is 2. The SMILES string of the molecule is CC(C)CCC(=O)O.NC(=O)CC1CCC(=O)N1Cc1cccc(F)c1F. The fraction of sp³-hybridized carbons (Fsp3) is 0.526. The fourth-order valence-electron chi connectivity index (χ4n) is 2.72. The zero-order valence-corrected chi connectivity index (χ0v) is 15.6. The van der Waals surface area contributed by atoms with Crippen molar-refractivity contribution < 1.29 is 28.3 Å². The average molecular weight is 384 g/mol. The van der Waals surface area contributed by atoms with Crippen LogP contribution < -0.4 is 5.73 Å². The molecule has 3 N–H and O–H groups in total. The summed E-state index contributed by atoms with van der Waals surface area (Å²) in [5.41, 5.74) is 5.22. The number of halogens is 2. The lowest BCUT2D eigenvalue weighted by atomic mass is 10.1. The summed E-state index contributed by atoms with van der Waals surface area (Å²) in [7, 11) is 0. The molecule has 1 aromatic rings. The van der Waals surface area contributed by atoms with Gasteiger partial charge in [-0.25, -0.2) is 8.78 Å². The second-order valence-electron chi connectivity index (χ2n) is 6.92. The van der Waals surface area contributed by atoms with E-state index in [9.17, 15) is 23.2 Å². The Kier molecular flexibility index (Phi) is 8.84. The molecule has 1 heterocycles. The monoisotopic (exact) mass is 384 g/mol. The summed E-state index contributed by atoms with van der Waals surface area (Å²) in [4.78, 5) is 34.0. The molecule has 1 fully saturated rings. The van der Waals surface area contributed by atoms with E-state index in [4.69, 9.17) is 10.8 Å². The minimum absolute atomic E-state index is 0.0413. The van der Waals surface area contributed by atoms with Gasteiger partial charge < -0.3 is 15.7 Å². The molecule has 1 atom stereocenters. The van der Waals surface area contributed by atoms with Crippen molar-refractivity contribution in [3.8, 4) is 0 Å². The van der Waals surface area contributed by atoms with Gasteiger partial charge in [0.1, 0.15) is 0 Å². The van der Waals surface area contributed by atoms with Crippen LogP contribution in [0, 0.1) is 17.6 Å². The van der Waals surface area contributed by atoms with Crippen LogP contribution in [0.4, 0.5) is 8.78 Å². The van der Waals surface area contributed by atoms with Gasteiger partial charge in [-0.1, -0.05) is 26.0 Å². The van der Waals surface area contributed by atoms with Crippen LogP contribution in [-0.4, -0.2) is 33.8 Å². The molecule has 0 bridgehead atoms. The van der Waals surface area contributed by atoms with E-state index >= 15 is 0 Å². The third-order valence-electron chi connectivity index (χ3n) is 4.20. The number of hydrogen-bond acceptors (Lipinski definition) is 3. The number of carbonyl (C=O) groups excluding carboxylic acids is 2. The largest absolute Gasteiger partial charge is 0.481 e. The van der Waals surface area contributed by atoms with E-state index in [1.165, 1.54) is 17.0 Å². The van der Waals surface area contributed by atoms with Crippen LogP contribution in [0.5, 0.6) is 0 Å². The highest BCUT2D eigenvalue weighted by Crippen LogP contribution is 2.25. The Morgan fingerprint density at radius 3 is 2.52 bits per heavy atom. The zero-order valence-electron chi connectivity index (χ0n) is 15.6. The number of primary amides is 1. The molecule has 0 radical (unpaired) electrons. The third-order valence-corrected chi connectivity index (χ3v) is 4.20. The normalized spacial score (nSPS) is 16.3. The van der Waals surface area contributed by atoms with Gasteiger partial charge in [0.15, 0.2) is 11.6 Å². The Labute approximate surface area is 157 Å². The van der Waals surface area contributed by atoms with E-state index in [1.807, 2.05) is 13.8 Å². The molecule has 0 aromatic heterocycles. The summed E-state index contributed by atoms with van der Waals surface area (Å²) in [6, 6.07) is 3.50. The van der Waals surface area contributed by atoms with Crippen LogP contribution in [0.3, 0.4) is 0 Å². The van der Waals surface area contributed by atoms with Crippen LogP contribution in [0.15, 0.2) is 18.2 Å². The summed E-state index contributed by atoms with van der Waals surface area (Å²) < 4.78 is 26.7. The van der Waals surface area contributed by atoms with Gasteiger partial charge in [-0.15, -0.1) is 0 Å². The molecule has 2 rings (SSSR count).